The van der Waals surface area contributed by atoms with Gasteiger partial charge >= 0.3 is 0 Å². The highest BCUT2D eigenvalue weighted by atomic mass is 16.6. The van der Waals surface area contributed by atoms with Crippen LogP contribution < -0.4 is 16.3 Å². The fourth-order valence-corrected chi connectivity index (χ4v) is 1.64. The quantitative estimate of drug-likeness (QED) is 0.451. The van der Waals surface area contributed by atoms with E-state index in [1.165, 1.54) is 18.2 Å². The van der Waals surface area contributed by atoms with Gasteiger partial charge in [0.25, 0.3) is 16.5 Å². The lowest BCUT2D eigenvalue weighted by Crippen LogP contribution is -2.29. The highest BCUT2D eigenvalue weighted by molar-refractivity contribution is 5.78. The molecule has 0 unspecified atom stereocenters. The Morgan fingerprint density at radius 2 is 1.61 bits per heavy atom. The Hall–Kier alpha value is -2.83. The summed E-state index contributed by atoms with van der Waals surface area (Å²) < 4.78 is 0. The maximum atomic E-state index is 11.5. The summed E-state index contributed by atoms with van der Waals surface area (Å²) in [6.45, 7) is 0. The zero-order valence-corrected chi connectivity index (χ0v) is 8.75. The Bertz CT molecular complexity index is 785. The number of nitrogens with zero attached hydrogens (tertiary/aromatic N) is 1. The molecule has 0 aliphatic rings. The van der Waals surface area contributed by atoms with E-state index in [2.05, 4.69) is 0 Å². The standard InChI is InChI=1S/C11H5NO6/c13-8-7(9(14)11(16)10(8)15)5-3-1-2-4-6(5)12(17)18/h1-4,13H. The van der Waals surface area contributed by atoms with Gasteiger partial charge in [0, 0.05) is 6.07 Å². The third-order valence-electron chi connectivity index (χ3n) is 2.46. The Balaban J connectivity index is 2.91. The monoisotopic (exact) mass is 247 g/mol. The van der Waals surface area contributed by atoms with Crippen LogP contribution in [0.15, 0.2) is 38.6 Å². The van der Waals surface area contributed by atoms with E-state index in [1.54, 1.807) is 0 Å². The number of benzene rings is 1. The molecule has 2 rings (SSSR count). The molecule has 2 aromatic carbocycles. The fraction of sp³-hybridized carbons (Fsp3) is 0. The average Bonchev–Trinajstić information content (AvgIpc) is 2.54. The molecule has 0 fully saturated rings. The molecular formula is C11H5NO6. The van der Waals surface area contributed by atoms with Crippen molar-refractivity contribution in [2.24, 2.45) is 0 Å². The van der Waals surface area contributed by atoms with Crippen LogP contribution in [0.3, 0.4) is 0 Å². The first-order valence-electron chi connectivity index (χ1n) is 4.75. The van der Waals surface area contributed by atoms with Gasteiger partial charge in [-0.15, -0.1) is 0 Å². The summed E-state index contributed by atoms with van der Waals surface area (Å²) in [5.41, 5.74) is -5.28. The van der Waals surface area contributed by atoms with E-state index >= 15 is 0 Å². The molecule has 0 aromatic heterocycles. The molecule has 0 amide bonds. The zero-order chi connectivity index (χ0) is 13.4. The zero-order valence-electron chi connectivity index (χ0n) is 8.75. The molecular weight excluding hydrogens is 242 g/mol. The summed E-state index contributed by atoms with van der Waals surface area (Å²) in [6, 6.07) is 5.05. The first kappa shape index (κ1) is 11.6. The lowest BCUT2D eigenvalue weighted by atomic mass is 10.1. The number of rotatable bonds is 2. The van der Waals surface area contributed by atoms with Crippen LogP contribution in [0.4, 0.5) is 5.69 Å². The van der Waals surface area contributed by atoms with Crippen molar-refractivity contribution in [3.05, 3.63) is 65.0 Å². The number of hydrogen-bond acceptors (Lipinski definition) is 6. The van der Waals surface area contributed by atoms with E-state index < -0.39 is 38.2 Å². The smallest absolute Gasteiger partial charge is 0.277 e. The van der Waals surface area contributed by atoms with Gasteiger partial charge in [-0.1, -0.05) is 12.1 Å². The molecule has 0 saturated carbocycles. The number of para-hydroxylation sites is 1. The van der Waals surface area contributed by atoms with Crippen molar-refractivity contribution in [1.29, 1.82) is 0 Å². The molecule has 0 aliphatic carbocycles. The van der Waals surface area contributed by atoms with Gasteiger partial charge in [-0.25, -0.2) is 0 Å². The van der Waals surface area contributed by atoms with E-state index in [0.717, 1.165) is 6.07 Å². The molecule has 0 saturated heterocycles. The van der Waals surface area contributed by atoms with Crippen molar-refractivity contribution in [2.45, 2.75) is 0 Å². The van der Waals surface area contributed by atoms with Gasteiger partial charge in [0.15, 0.2) is 5.75 Å². The van der Waals surface area contributed by atoms with Gasteiger partial charge in [-0.3, -0.25) is 24.5 Å². The molecule has 7 heteroatoms. The maximum absolute atomic E-state index is 11.5. The second-order valence-corrected chi connectivity index (χ2v) is 3.49. The summed E-state index contributed by atoms with van der Waals surface area (Å²) >= 11 is 0. The van der Waals surface area contributed by atoms with Gasteiger partial charge in [0.2, 0.25) is 5.43 Å². The van der Waals surface area contributed by atoms with Crippen molar-refractivity contribution < 1.29 is 10.0 Å². The van der Waals surface area contributed by atoms with Gasteiger partial charge in [-0.2, -0.15) is 0 Å². The molecule has 0 aliphatic heterocycles. The first-order valence-corrected chi connectivity index (χ1v) is 4.75. The molecule has 0 bridgehead atoms. The fourth-order valence-electron chi connectivity index (χ4n) is 1.64. The average molecular weight is 247 g/mol. The van der Waals surface area contributed by atoms with Gasteiger partial charge < -0.3 is 5.11 Å². The molecule has 18 heavy (non-hydrogen) atoms. The minimum Gasteiger partial charge on any atom is -0.503 e. The van der Waals surface area contributed by atoms with Gasteiger partial charge in [-0.05, 0) is 6.07 Å². The summed E-state index contributed by atoms with van der Waals surface area (Å²) in [5.74, 6) is -1.04. The lowest BCUT2D eigenvalue weighted by molar-refractivity contribution is -0.384. The van der Waals surface area contributed by atoms with Gasteiger partial charge in [0.05, 0.1) is 16.1 Å². The Kier molecular flexibility index (Phi) is 2.51. The molecule has 0 atom stereocenters. The molecule has 0 spiro atoms. The molecule has 0 heterocycles. The molecule has 7 nitrogen and oxygen atoms in total. The number of nitro groups is 1. The van der Waals surface area contributed by atoms with Crippen molar-refractivity contribution >= 4 is 5.69 Å². The van der Waals surface area contributed by atoms with Crippen molar-refractivity contribution in [2.75, 3.05) is 0 Å². The van der Waals surface area contributed by atoms with E-state index in [4.69, 9.17) is 0 Å². The first-order chi connectivity index (χ1) is 8.45. The third kappa shape index (κ3) is 1.49. The predicted molar refractivity (Wildman–Crippen MR) is 61.4 cm³/mol. The summed E-state index contributed by atoms with van der Waals surface area (Å²) in [4.78, 5) is 43.7. The summed E-state index contributed by atoms with van der Waals surface area (Å²) in [6.07, 6.45) is 0. The second kappa shape index (κ2) is 3.88. The van der Waals surface area contributed by atoms with Crippen molar-refractivity contribution in [1.82, 2.24) is 0 Å². The highest BCUT2D eigenvalue weighted by Crippen LogP contribution is 2.30. The van der Waals surface area contributed by atoms with Crippen LogP contribution >= 0.6 is 0 Å². The number of hydrogen-bond donors (Lipinski definition) is 1. The van der Waals surface area contributed by atoms with E-state index in [1.807, 2.05) is 0 Å². The Morgan fingerprint density at radius 1 is 1.00 bits per heavy atom. The Morgan fingerprint density at radius 3 is 2.11 bits per heavy atom. The molecule has 0 radical (unpaired) electrons. The third-order valence-corrected chi connectivity index (χ3v) is 2.46. The van der Waals surface area contributed by atoms with Crippen LogP contribution in [0.2, 0.25) is 0 Å². The van der Waals surface area contributed by atoms with Crippen LogP contribution in [0.1, 0.15) is 0 Å². The maximum Gasteiger partial charge on any atom is 0.277 e. The number of nitro benzene ring substituents is 1. The SMILES string of the molecule is O=c1c(O)c(-c2ccccc2[N+](=O)[O-])c(=O)c1=O. The van der Waals surface area contributed by atoms with Crippen LogP contribution in [-0.4, -0.2) is 10.0 Å². The van der Waals surface area contributed by atoms with Crippen molar-refractivity contribution in [3.63, 3.8) is 0 Å². The Labute approximate surface area is 98.4 Å². The van der Waals surface area contributed by atoms with Crippen molar-refractivity contribution in [3.8, 4) is 16.9 Å². The van der Waals surface area contributed by atoms with E-state index in [9.17, 15) is 29.6 Å². The normalized spacial score (nSPS) is 10.4. The van der Waals surface area contributed by atoms with Crippen LogP contribution in [0.5, 0.6) is 5.75 Å². The summed E-state index contributed by atoms with van der Waals surface area (Å²) in [5, 5.41) is 20.2. The second-order valence-electron chi connectivity index (χ2n) is 3.49. The topological polar surface area (TPSA) is 115 Å². The minimum atomic E-state index is -1.39. The van der Waals surface area contributed by atoms with Crippen LogP contribution in [0.25, 0.3) is 11.1 Å². The molecule has 1 N–H and O–H groups in total. The number of aromatic hydroxyl groups is 1. The largest absolute Gasteiger partial charge is 0.503 e. The van der Waals surface area contributed by atoms with E-state index in [-0.39, 0.29) is 5.56 Å². The predicted octanol–water partition coefficient (Wildman–Crippen LogP) is -0.0764. The van der Waals surface area contributed by atoms with Crippen LogP contribution in [-0.2, 0) is 0 Å². The van der Waals surface area contributed by atoms with Gasteiger partial charge in [0.1, 0.15) is 0 Å². The summed E-state index contributed by atoms with van der Waals surface area (Å²) in [7, 11) is 0. The molecule has 90 valence electrons. The minimum absolute atomic E-state index is 0.246. The van der Waals surface area contributed by atoms with E-state index in [0.29, 0.717) is 0 Å². The molecule has 2 aromatic rings. The van der Waals surface area contributed by atoms with Crippen LogP contribution in [0, 0.1) is 10.1 Å². The highest BCUT2D eigenvalue weighted by Gasteiger charge is 2.25. The lowest BCUT2D eigenvalue weighted by Gasteiger charge is -1.99.